The summed E-state index contributed by atoms with van der Waals surface area (Å²) >= 11 is 3.44. The van der Waals surface area contributed by atoms with Gasteiger partial charge in [0.2, 0.25) is 0 Å². The molecule has 0 aromatic carbocycles. The number of aromatic amines is 1. The molecule has 1 rings (SSSR count). The fourth-order valence-electron chi connectivity index (χ4n) is 0.954. The smallest absolute Gasteiger partial charge is 0.0703 e. The van der Waals surface area contributed by atoms with Crippen molar-refractivity contribution in [3.63, 3.8) is 0 Å². The Kier molecular flexibility index (Phi) is 2.34. The van der Waals surface area contributed by atoms with Crippen LogP contribution in [-0.4, -0.2) is 11.2 Å². The minimum atomic E-state index is 0.955. The Morgan fingerprint density at radius 3 is 2.55 bits per heavy atom. The summed E-state index contributed by atoms with van der Waals surface area (Å²) in [7, 11) is 0. The highest BCUT2D eigenvalue weighted by Gasteiger charge is 2.05. The van der Waals surface area contributed by atoms with Crippen molar-refractivity contribution in [2.24, 2.45) is 10.9 Å². The largest absolute Gasteiger partial charge is 0.357 e. The zero-order valence-electron chi connectivity index (χ0n) is 6.48. The maximum atomic E-state index is 5.02. The fourth-order valence-corrected chi connectivity index (χ4v) is 1.27. The van der Waals surface area contributed by atoms with Gasteiger partial charge >= 0.3 is 0 Å². The number of hydrogen-bond donors (Lipinski definition) is 2. The molecule has 0 aliphatic heterocycles. The summed E-state index contributed by atoms with van der Waals surface area (Å²) in [6.45, 7) is 4.00. The highest BCUT2D eigenvalue weighted by molar-refractivity contribution is 9.10. The van der Waals surface area contributed by atoms with E-state index in [1.54, 1.807) is 6.21 Å². The molecule has 3 nitrogen and oxygen atoms in total. The topological polar surface area (TPSA) is 54.2 Å². The molecule has 0 bridgehead atoms. The lowest BCUT2D eigenvalue weighted by Gasteiger charge is -1.87. The van der Waals surface area contributed by atoms with E-state index < -0.39 is 0 Å². The molecule has 60 valence electrons. The van der Waals surface area contributed by atoms with E-state index in [0.29, 0.717) is 0 Å². The van der Waals surface area contributed by atoms with Crippen LogP contribution in [0.25, 0.3) is 0 Å². The van der Waals surface area contributed by atoms with Crippen molar-refractivity contribution >= 4 is 22.1 Å². The average molecular weight is 216 g/mol. The number of hydrazone groups is 1. The predicted molar refractivity (Wildman–Crippen MR) is 49.7 cm³/mol. The summed E-state index contributed by atoms with van der Waals surface area (Å²) in [5, 5.41) is 3.44. The average Bonchev–Trinajstić information content (AvgIpc) is 2.19. The second kappa shape index (κ2) is 3.09. The molecule has 1 aromatic rings. The van der Waals surface area contributed by atoms with Gasteiger partial charge in [-0.3, -0.25) is 0 Å². The molecule has 0 saturated heterocycles. The van der Waals surface area contributed by atoms with E-state index in [9.17, 15) is 0 Å². The van der Waals surface area contributed by atoms with Crippen molar-refractivity contribution in [3.8, 4) is 0 Å². The van der Waals surface area contributed by atoms with Gasteiger partial charge in [0.1, 0.15) is 0 Å². The second-order valence-electron chi connectivity index (χ2n) is 2.38. The monoisotopic (exact) mass is 215 g/mol. The molecule has 0 unspecified atom stereocenters. The van der Waals surface area contributed by atoms with E-state index in [0.717, 1.165) is 21.4 Å². The molecule has 4 heteroatoms. The number of nitrogens with one attached hydrogen (secondary N) is 1. The molecule has 0 saturated carbocycles. The molecule has 11 heavy (non-hydrogen) atoms. The molecule has 3 N–H and O–H groups in total. The number of aromatic nitrogens is 1. The van der Waals surface area contributed by atoms with Crippen molar-refractivity contribution in [2.75, 3.05) is 0 Å². The highest BCUT2D eigenvalue weighted by Crippen LogP contribution is 2.22. The minimum Gasteiger partial charge on any atom is -0.357 e. The van der Waals surface area contributed by atoms with Gasteiger partial charge < -0.3 is 10.8 Å². The van der Waals surface area contributed by atoms with Gasteiger partial charge in [0.15, 0.2) is 0 Å². The summed E-state index contributed by atoms with van der Waals surface area (Å²) < 4.78 is 1.09. The van der Waals surface area contributed by atoms with Crippen LogP contribution in [0, 0.1) is 13.8 Å². The molecule has 0 aliphatic rings. The summed E-state index contributed by atoms with van der Waals surface area (Å²) in [6.07, 6.45) is 1.60. The third-order valence-electron chi connectivity index (χ3n) is 1.59. The Bertz CT molecular complexity index is 288. The zero-order chi connectivity index (χ0) is 8.43. The molecule has 0 aliphatic carbocycles. The van der Waals surface area contributed by atoms with Crippen molar-refractivity contribution < 1.29 is 0 Å². The van der Waals surface area contributed by atoms with E-state index in [2.05, 4.69) is 26.0 Å². The zero-order valence-corrected chi connectivity index (χ0v) is 8.07. The van der Waals surface area contributed by atoms with Crippen LogP contribution in [0.2, 0.25) is 0 Å². The van der Waals surface area contributed by atoms with Crippen molar-refractivity contribution in [1.82, 2.24) is 4.98 Å². The Morgan fingerprint density at radius 1 is 1.55 bits per heavy atom. The minimum absolute atomic E-state index is 0.955. The normalized spacial score (nSPS) is 11.2. The number of aryl methyl sites for hydroxylation is 1. The van der Waals surface area contributed by atoms with Gasteiger partial charge in [0, 0.05) is 10.2 Å². The first-order valence-corrected chi connectivity index (χ1v) is 4.04. The van der Waals surface area contributed by atoms with Gasteiger partial charge in [-0.25, -0.2) is 0 Å². The van der Waals surface area contributed by atoms with Crippen LogP contribution in [0.15, 0.2) is 9.57 Å². The Labute approximate surface area is 73.8 Å². The summed E-state index contributed by atoms with van der Waals surface area (Å²) in [5.74, 6) is 5.02. The van der Waals surface area contributed by atoms with E-state index in [1.165, 1.54) is 0 Å². The SMILES string of the molecule is Cc1[nH]c(C=NN)c(C)c1Br. The third kappa shape index (κ3) is 1.45. The first-order valence-electron chi connectivity index (χ1n) is 3.24. The molecule has 0 radical (unpaired) electrons. The first-order chi connectivity index (χ1) is 5.16. The van der Waals surface area contributed by atoms with Gasteiger partial charge in [-0.05, 0) is 35.3 Å². The van der Waals surface area contributed by atoms with Gasteiger partial charge in [-0.15, -0.1) is 0 Å². The maximum Gasteiger partial charge on any atom is 0.0703 e. The second-order valence-corrected chi connectivity index (χ2v) is 3.17. The van der Waals surface area contributed by atoms with Crippen LogP contribution in [0.5, 0.6) is 0 Å². The number of nitrogens with two attached hydrogens (primary N) is 1. The summed E-state index contributed by atoms with van der Waals surface area (Å²) in [5.41, 5.74) is 3.19. The van der Waals surface area contributed by atoms with Crippen LogP contribution in [0.3, 0.4) is 0 Å². The third-order valence-corrected chi connectivity index (χ3v) is 2.78. The van der Waals surface area contributed by atoms with Gasteiger partial charge in [0.25, 0.3) is 0 Å². The number of halogens is 1. The lowest BCUT2D eigenvalue weighted by Crippen LogP contribution is -1.88. The van der Waals surface area contributed by atoms with Crippen LogP contribution in [0.4, 0.5) is 0 Å². The predicted octanol–water partition coefficient (Wildman–Crippen LogP) is 1.69. The molecule has 0 amide bonds. The Balaban J connectivity index is 3.18. The molecular weight excluding hydrogens is 206 g/mol. The van der Waals surface area contributed by atoms with E-state index in [-0.39, 0.29) is 0 Å². The summed E-state index contributed by atoms with van der Waals surface area (Å²) in [4.78, 5) is 3.14. The Hall–Kier alpha value is -0.770. The van der Waals surface area contributed by atoms with Crippen LogP contribution in [-0.2, 0) is 0 Å². The molecular formula is C7H10BrN3. The Morgan fingerprint density at radius 2 is 2.18 bits per heavy atom. The van der Waals surface area contributed by atoms with E-state index in [4.69, 9.17) is 5.84 Å². The van der Waals surface area contributed by atoms with Crippen molar-refractivity contribution in [3.05, 3.63) is 21.4 Å². The van der Waals surface area contributed by atoms with Crippen molar-refractivity contribution in [1.29, 1.82) is 0 Å². The lowest BCUT2D eigenvalue weighted by molar-refractivity contribution is 1.21. The maximum absolute atomic E-state index is 5.02. The molecule has 0 fully saturated rings. The number of H-pyrrole nitrogens is 1. The lowest BCUT2D eigenvalue weighted by atomic mass is 10.3. The summed E-state index contributed by atoms with van der Waals surface area (Å²) in [6, 6.07) is 0. The highest BCUT2D eigenvalue weighted by atomic mass is 79.9. The molecule has 1 heterocycles. The molecule has 0 atom stereocenters. The standard InChI is InChI=1S/C7H10BrN3/c1-4-6(3-10-9)11-5(2)7(4)8/h3,11H,9H2,1-2H3. The van der Waals surface area contributed by atoms with Gasteiger partial charge in [-0.1, -0.05) is 0 Å². The van der Waals surface area contributed by atoms with Gasteiger partial charge in [0.05, 0.1) is 11.9 Å². The number of nitrogens with zero attached hydrogens (tertiary/aromatic N) is 1. The van der Waals surface area contributed by atoms with Crippen molar-refractivity contribution in [2.45, 2.75) is 13.8 Å². The van der Waals surface area contributed by atoms with Gasteiger partial charge in [-0.2, -0.15) is 5.10 Å². The molecule has 1 aromatic heterocycles. The first kappa shape index (κ1) is 8.33. The number of rotatable bonds is 1. The molecule has 0 spiro atoms. The van der Waals surface area contributed by atoms with Crippen LogP contribution < -0.4 is 5.84 Å². The quantitative estimate of drug-likeness (QED) is 0.419. The van der Waals surface area contributed by atoms with Crippen LogP contribution >= 0.6 is 15.9 Å². The number of hydrogen-bond acceptors (Lipinski definition) is 2. The van der Waals surface area contributed by atoms with E-state index >= 15 is 0 Å². The fraction of sp³-hybridized carbons (Fsp3) is 0.286. The van der Waals surface area contributed by atoms with Crippen LogP contribution in [0.1, 0.15) is 17.0 Å². The van der Waals surface area contributed by atoms with E-state index in [1.807, 2.05) is 13.8 Å².